The van der Waals surface area contributed by atoms with Crippen LogP contribution in [0.1, 0.15) is 12.0 Å². The molecule has 0 radical (unpaired) electrons. The zero-order valence-corrected chi connectivity index (χ0v) is 9.05. The summed E-state index contributed by atoms with van der Waals surface area (Å²) in [5.74, 6) is -0.612. The summed E-state index contributed by atoms with van der Waals surface area (Å²) in [6, 6.07) is 6.85. The van der Waals surface area contributed by atoms with Crippen LogP contribution < -0.4 is 11.1 Å². The Kier molecular flexibility index (Phi) is 4.37. The van der Waals surface area contributed by atoms with Crippen LogP contribution in [0.2, 0.25) is 0 Å². The summed E-state index contributed by atoms with van der Waals surface area (Å²) in [4.78, 5) is 11.1. The van der Waals surface area contributed by atoms with Gasteiger partial charge in [-0.1, -0.05) is 12.1 Å². The average molecular weight is 246 g/mol. The van der Waals surface area contributed by atoms with Crippen LogP contribution in [0.5, 0.6) is 0 Å². The molecule has 0 aliphatic heterocycles. The number of rotatable bonds is 4. The van der Waals surface area contributed by atoms with Crippen molar-refractivity contribution in [3.63, 3.8) is 0 Å². The number of amides is 1. The minimum atomic E-state index is -4.36. The first kappa shape index (κ1) is 13.3. The van der Waals surface area contributed by atoms with Gasteiger partial charge in [-0.25, -0.2) is 0 Å². The number of hydrogen-bond donors (Lipinski definition) is 2. The molecule has 0 bridgehead atoms. The van der Waals surface area contributed by atoms with Gasteiger partial charge in [0.1, 0.15) is 6.54 Å². The first-order valence-corrected chi connectivity index (χ1v) is 5.05. The second-order valence-corrected chi connectivity index (χ2v) is 3.63. The fraction of sp³-hybridized carbons (Fsp3) is 0.364. The molecule has 0 aliphatic rings. The van der Waals surface area contributed by atoms with E-state index in [4.69, 9.17) is 5.73 Å². The van der Waals surface area contributed by atoms with Crippen molar-refractivity contribution in [3.8, 4) is 0 Å². The highest BCUT2D eigenvalue weighted by Gasteiger charge is 2.27. The molecule has 3 nitrogen and oxygen atoms in total. The summed E-state index contributed by atoms with van der Waals surface area (Å²) in [6.45, 7) is -1.28. The van der Waals surface area contributed by atoms with Gasteiger partial charge in [-0.3, -0.25) is 4.79 Å². The fourth-order valence-corrected chi connectivity index (χ4v) is 1.23. The van der Waals surface area contributed by atoms with Gasteiger partial charge in [0, 0.05) is 12.1 Å². The Morgan fingerprint density at radius 1 is 1.24 bits per heavy atom. The highest BCUT2D eigenvalue weighted by molar-refractivity contribution is 5.76. The van der Waals surface area contributed by atoms with E-state index in [1.807, 2.05) is 5.32 Å². The Balaban J connectivity index is 2.31. The van der Waals surface area contributed by atoms with Gasteiger partial charge < -0.3 is 11.1 Å². The van der Waals surface area contributed by atoms with E-state index in [0.717, 1.165) is 5.56 Å². The Hall–Kier alpha value is -1.72. The summed E-state index contributed by atoms with van der Waals surface area (Å²) in [5.41, 5.74) is 6.94. The number of carbonyl (C=O) groups excluding carboxylic acids is 1. The predicted octanol–water partition coefficient (Wildman–Crippen LogP) is 1.88. The minimum Gasteiger partial charge on any atom is -0.399 e. The topological polar surface area (TPSA) is 55.1 Å². The highest BCUT2D eigenvalue weighted by Crippen LogP contribution is 2.12. The zero-order valence-electron chi connectivity index (χ0n) is 9.05. The maximum absolute atomic E-state index is 11.8. The molecule has 0 heterocycles. The number of nitrogens with two attached hydrogens (primary N) is 1. The molecule has 0 aliphatic carbocycles. The van der Waals surface area contributed by atoms with Gasteiger partial charge in [-0.05, 0) is 24.1 Å². The van der Waals surface area contributed by atoms with Gasteiger partial charge >= 0.3 is 6.18 Å². The Morgan fingerprint density at radius 2 is 1.82 bits per heavy atom. The maximum Gasteiger partial charge on any atom is 0.405 e. The number of halogens is 3. The lowest BCUT2D eigenvalue weighted by Crippen LogP contribution is -2.33. The molecule has 0 fully saturated rings. The SMILES string of the molecule is Nc1ccc(CCC(=O)NCC(F)(F)F)cc1. The lowest BCUT2D eigenvalue weighted by atomic mass is 10.1. The number of carbonyl (C=O) groups is 1. The van der Waals surface area contributed by atoms with Crippen molar-refractivity contribution in [3.05, 3.63) is 29.8 Å². The monoisotopic (exact) mass is 246 g/mol. The second-order valence-electron chi connectivity index (χ2n) is 3.63. The van der Waals surface area contributed by atoms with Crippen molar-refractivity contribution in [2.24, 2.45) is 0 Å². The van der Waals surface area contributed by atoms with Crippen molar-refractivity contribution in [2.45, 2.75) is 19.0 Å². The summed E-state index contributed by atoms with van der Waals surface area (Å²) in [6.07, 6.45) is -3.94. The number of hydrogen-bond acceptors (Lipinski definition) is 2. The average Bonchev–Trinajstić information content (AvgIpc) is 2.25. The van der Waals surface area contributed by atoms with Crippen molar-refractivity contribution in [1.29, 1.82) is 0 Å². The molecule has 0 spiro atoms. The van der Waals surface area contributed by atoms with E-state index in [1.54, 1.807) is 24.3 Å². The molecule has 17 heavy (non-hydrogen) atoms. The van der Waals surface area contributed by atoms with Gasteiger partial charge in [0.25, 0.3) is 0 Å². The first-order valence-electron chi connectivity index (χ1n) is 5.05. The van der Waals surface area contributed by atoms with Gasteiger partial charge in [0.05, 0.1) is 0 Å². The Bertz CT molecular complexity index is 373. The Morgan fingerprint density at radius 3 is 2.35 bits per heavy atom. The zero-order chi connectivity index (χ0) is 12.9. The van der Waals surface area contributed by atoms with Crippen LogP contribution >= 0.6 is 0 Å². The predicted molar refractivity (Wildman–Crippen MR) is 58.2 cm³/mol. The van der Waals surface area contributed by atoms with Crippen molar-refractivity contribution < 1.29 is 18.0 Å². The summed E-state index contributed by atoms with van der Waals surface area (Å²) in [5, 5.41) is 1.82. The second kappa shape index (κ2) is 5.56. The molecule has 1 amide bonds. The van der Waals surface area contributed by atoms with Crippen LogP contribution in [0.15, 0.2) is 24.3 Å². The molecule has 94 valence electrons. The number of anilines is 1. The molecule has 1 aromatic rings. The van der Waals surface area contributed by atoms with Gasteiger partial charge in [0.15, 0.2) is 0 Å². The molecule has 3 N–H and O–H groups in total. The van der Waals surface area contributed by atoms with E-state index in [1.165, 1.54) is 0 Å². The van der Waals surface area contributed by atoms with Crippen molar-refractivity contribution in [1.82, 2.24) is 5.32 Å². The quantitative estimate of drug-likeness (QED) is 0.797. The minimum absolute atomic E-state index is 0.0278. The van der Waals surface area contributed by atoms with Gasteiger partial charge in [-0.2, -0.15) is 13.2 Å². The van der Waals surface area contributed by atoms with E-state index in [0.29, 0.717) is 12.1 Å². The van der Waals surface area contributed by atoms with E-state index in [9.17, 15) is 18.0 Å². The molecule has 1 rings (SSSR count). The van der Waals surface area contributed by atoms with Crippen LogP contribution in [0.4, 0.5) is 18.9 Å². The molecular formula is C11H13F3N2O. The van der Waals surface area contributed by atoms with Gasteiger partial charge in [-0.15, -0.1) is 0 Å². The number of aryl methyl sites for hydroxylation is 1. The largest absolute Gasteiger partial charge is 0.405 e. The van der Waals surface area contributed by atoms with Crippen molar-refractivity contribution in [2.75, 3.05) is 12.3 Å². The summed E-state index contributed by atoms with van der Waals surface area (Å²) >= 11 is 0. The lowest BCUT2D eigenvalue weighted by molar-refractivity contribution is -0.138. The fourth-order valence-electron chi connectivity index (χ4n) is 1.23. The first-order chi connectivity index (χ1) is 7.87. The third kappa shape index (κ3) is 5.79. The third-order valence-corrected chi connectivity index (χ3v) is 2.11. The molecule has 0 saturated heterocycles. The number of alkyl halides is 3. The number of nitrogen functional groups attached to an aromatic ring is 1. The molecule has 1 aromatic carbocycles. The van der Waals surface area contributed by atoms with Crippen LogP contribution in [0.3, 0.4) is 0 Å². The molecule has 0 atom stereocenters. The smallest absolute Gasteiger partial charge is 0.399 e. The van der Waals surface area contributed by atoms with Gasteiger partial charge in [0.2, 0.25) is 5.91 Å². The van der Waals surface area contributed by atoms with Crippen LogP contribution in [0.25, 0.3) is 0 Å². The summed E-state index contributed by atoms with van der Waals surface area (Å²) < 4.78 is 35.4. The van der Waals surface area contributed by atoms with E-state index in [2.05, 4.69) is 0 Å². The lowest BCUT2D eigenvalue weighted by Gasteiger charge is -2.08. The van der Waals surface area contributed by atoms with E-state index >= 15 is 0 Å². The molecule has 0 aromatic heterocycles. The molecule has 6 heteroatoms. The van der Waals surface area contributed by atoms with Crippen LogP contribution in [-0.4, -0.2) is 18.6 Å². The van der Waals surface area contributed by atoms with Crippen LogP contribution in [-0.2, 0) is 11.2 Å². The summed E-state index contributed by atoms with van der Waals surface area (Å²) in [7, 11) is 0. The molecule has 0 unspecified atom stereocenters. The van der Waals surface area contributed by atoms with E-state index in [-0.39, 0.29) is 6.42 Å². The normalized spacial score (nSPS) is 11.2. The molecule has 0 saturated carbocycles. The van der Waals surface area contributed by atoms with Crippen LogP contribution in [0, 0.1) is 0 Å². The van der Waals surface area contributed by atoms with Crippen molar-refractivity contribution >= 4 is 11.6 Å². The number of nitrogens with one attached hydrogen (secondary N) is 1. The number of benzene rings is 1. The standard InChI is InChI=1S/C11H13F3N2O/c12-11(13,14)7-16-10(17)6-3-8-1-4-9(15)5-2-8/h1-2,4-5H,3,6-7,15H2,(H,16,17). The Labute approximate surface area is 96.8 Å². The highest BCUT2D eigenvalue weighted by atomic mass is 19.4. The maximum atomic E-state index is 11.8. The third-order valence-electron chi connectivity index (χ3n) is 2.11. The molecular weight excluding hydrogens is 233 g/mol. The van der Waals surface area contributed by atoms with E-state index < -0.39 is 18.6 Å².